The first-order valence-electron chi connectivity index (χ1n) is 12.3. The summed E-state index contributed by atoms with van der Waals surface area (Å²) >= 11 is 5.99. The van der Waals surface area contributed by atoms with E-state index in [1.54, 1.807) is 36.3 Å². The van der Waals surface area contributed by atoms with Gasteiger partial charge in [0, 0.05) is 30.1 Å². The zero-order valence-electron chi connectivity index (χ0n) is 20.6. The van der Waals surface area contributed by atoms with E-state index < -0.39 is 6.17 Å². The molecule has 196 valence electrons. The predicted octanol–water partition coefficient (Wildman–Crippen LogP) is 5.42. The molecule has 0 radical (unpaired) electrons. The summed E-state index contributed by atoms with van der Waals surface area (Å²) in [6.45, 7) is 1.55. The largest absolute Gasteiger partial charge is 0.494 e. The van der Waals surface area contributed by atoms with Crippen molar-refractivity contribution in [1.82, 2.24) is 19.5 Å². The lowest BCUT2D eigenvalue weighted by Gasteiger charge is -2.30. The predicted molar refractivity (Wildman–Crippen MR) is 140 cm³/mol. The Morgan fingerprint density at radius 3 is 2.71 bits per heavy atom. The molecule has 1 saturated heterocycles. The number of fused-ring (bicyclic) bond motifs is 1. The number of alkyl halides is 1. The number of nitrogens with one attached hydrogen (secondary N) is 1. The van der Waals surface area contributed by atoms with Crippen molar-refractivity contribution in [2.24, 2.45) is 0 Å². The van der Waals surface area contributed by atoms with Crippen molar-refractivity contribution in [3.05, 3.63) is 82.8 Å². The van der Waals surface area contributed by atoms with Crippen LogP contribution in [0, 0.1) is 5.82 Å². The SMILES string of the molecule is COc1cc(Nc2nc3c(c(N4CCC(F)C4)n2)COCC3c2ccc(F)cc2)ccc1-n1cnc(Cl)c1. The minimum absolute atomic E-state index is 0.215. The Bertz CT molecular complexity index is 1460. The summed E-state index contributed by atoms with van der Waals surface area (Å²) in [5, 5.41) is 3.67. The third kappa shape index (κ3) is 4.77. The van der Waals surface area contributed by atoms with Gasteiger partial charge in [0.25, 0.3) is 0 Å². The maximum absolute atomic E-state index is 14.2. The van der Waals surface area contributed by atoms with Gasteiger partial charge in [-0.1, -0.05) is 23.7 Å². The van der Waals surface area contributed by atoms with Crippen molar-refractivity contribution in [3.63, 3.8) is 0 Å². The summed E-state index contributed by atoms with van der Waals surface area (Å²) in [4.78, 5) is 15.7. The summed E-state index contributed by atoms with van der Waals surface area (Å²) < 4.78 is 41.1. The Balaban J connectivity index is 1.39. The maximum atomic E-state index is 14.2. The van der Waals surface area contributed by atoms with Gasteiger partial charge in [-0.15, -0.1) is 0 Å². The van der Waals surface area contributed by atoms with Crippen LogP contribution in [0.15, 0.2) is 55.0 Å². The van der Waals surface area contributed by atoms with Crippen LogP contribution in [0.4, 0.5) is 26.2 Å². The van der Waals surface area contributed by atoms with E-state index in [2.05, 4.69) is 10.3 Å². The first-order chi connectivity index (χ1) is 18.5. The summed E-state index contributed by atoms with van der Waals surface area (Å²) in [6, 6.07) is 11.9. The van der Waals surface area contributed by atoms with E-state index in [9.17, 15) is 8.78 Å². The average Bonchev–Trinajstić information content (AvgIpc) is 3.56. The van der Waals surface area contributed by atoms with E-state index >= 15 is 0 Å². The first kappa shape index (κ1) is 24.6. The lowest BCUT2D eigenvalue weighted by molar-refractivity contribution is 0.0976. The Kier molecular flexibility index (Phi) is 6.59. The molecule has 2 aromatic heterocycles. The Morgan fingerprint density at radius 1 is 1.16 bits per heavy atom. The normalized spacial score (nSPS) is 18.9. The molecule has 1 fully saturated rings. The van der Waals surface area contributed by atoms with Crippen LogP contribution >= 0.6 is 11.6 Å². The number of ether oxygens (including phenoxy) is 2. The van der Waals surface area contributed by atoms with Gasteiger partial charge in [-0.3, -0.25) is 0 Å². The average molecular weight is 539 g/mol. The van der Waals surface area contributed by atoms with Crippen LogP contribution in [0.1, 0.15) is 29.2 Å². The molecule has 0 saturated carbocycles. The van der Waals surface area contributed by atoms with Crippen molar-refractivity contribution in [2.45, 2.75) is 25.1 Å². The molecule has 2 aliphatic heterocycles. The zero-order valence-corrected chi connectivity index (χ0v) is 21.3. The van der Waals surface area contributed by atoms with Gasteiger partial charge in [-0.05, 0) is 36.2 Å². The second-order valence-corrected chi connectivity index (χ2v) is 9.69. The van der Waals surface area contributed by atoms with E-state index in [1.165, 1.54) is 12.1 Å². The smallest absolute Gasteiger partial charge is 0.229 e. The van der Waals surface area contributed by atoms with Crippen LogP contribution in [0.2, 0.25) is 5.15 Å². The molecule has 1 N–H and O–H groups in total. The van der Waals surface area contributed by atoms with Gasteiger partial charge in [0.05, 0.1) is 44.2 Å². The Labute approximate surface area is 223 Å². The molecule has 11 heteroatoms. The number of halogens is 3. The molecule has 8 nitrogen and oxygen atoms in total. The molecule has 2 aromatic carbocycles. The van der Waals surface area contributed by atoms with Crippen LogP contribution in [0.5, 0.6) is 5.75 Å². The Morgan fingerprint density at radius 2 is 2.00 bits per heavy atom. The van der Waals surface area contributed by atoms with Gasteiger partial charge >= 0.3 is 0 Å². The summed E-state index contributed by atoms with van der Waals surface area (Å²) in [6.07, 6.45) is 2.83. The molecular weight excluding hydrogens is 514 g/mol. The molecule has 0 spiro atoms. The van der Waals surface area contributed by atoms with E-state index in [0.29, 0.717) is 54.5 Å². The number of benzene rings is 2. The van der Waals surface area contributed by atoms with Crippen molar-refractivity contribution in [3.8, 4) is 11.4 Å². The van der Waals surface area contributed by atoms with Crippen LogP contribution in [-0.2, 0) is 11.3 Å². The summed E-state index contributed by atoms with van der Waals surface area (Å²) in [7, 11) is 1.59. The highest BCUT2D eigenvalue weighted by Crippen LogP contribution is 2.38. The highest BCUT2D eigenvalue weighted by atomic mass is 35.5. The fraction of sp³-hybridized carbons (Fsp3) is 0.296. The van der Waals surface area contributed by atoms with Crippen molar-refractivity contribution < 1.29 is 18.3 Å². The molecule has 2 atom stereocenters. The molecule has 0 aliphatic carbocycles. The lowest BCUT2D eigenvalue weighted by atomic mass is 9.91. The number of rotatable bonds is 6. The fourth-order valence-corrected chi connectivity index (χ4v) is 5.13. The van der Waals surface area contributed by atoms with E-state index in [0.717, 1.165) is 22.5 Å². The molecule has 38 heavy (non-hydrogen) atoms. The minimum atomic E-state index is -0.914. The van der Waals surface area contributed by atoms with Gasteiger partial charge < -0.3 is 24.3 Å². The zero-order chi connectivity index (χ0) is 26.2. The molecule has 0 bridgehead atoms. The second kappa shape index (κ2) is 10.2. The number of nitrogens with zero attached hydrogens (tertiary/aromatic N) is 5. The van der Waals surface area contributed by atoms with E-state index in [1.807, 2.05) is 23.1 Å². The van der Waals surface area contributed by atoms with E-state index in [-0.39, 0.29) is 18.3 Å². The van der Waals surface area contributed by atoms with Crippen molar-refractivity contribution in [2.75, 3.05) is 37.0 Å². The highest BCUT2D eigenvalue weighted by Gasteiger charge is 2.32. The van der Waals surface area contributed by atoms with E-state index in [4.69, 9.17) is 31.0 Å². The van der Waals surface area contributed by atoms with Crippen LogP contribution in [0.25, 0.3) is 5.69 Å². The molecule has 6 rings (SSSR count). The minimum Gasteiger partial charge on any atom is -0.494 e. The monoisotopic (exact) mass is 538 g/mol. The van der Waals surface area contributed by atoms with Crippen LogP contribution in [-0.4, -0.2) is 52.5 Å². The number of anilines is 3. The number of hydrogen-bond donors (Lipinski definition) is 1. The molecule has 2 unspecified atom stereocenters. The molecule has 0 amide bonds. The standard InChI is InChI=1S/C27H25ClF2N6O2/c1-37-23-10-19(6-7-22(23)36-12-24(28)31-15-36)32-27-33-25-20(16-2-4-17(29)5-3-16)13-38-14-21(25)26(34-27)35-9-8-18(30)11-35/h2-7,10,12,15,18,20H,8-9,11,13-14H2,1H3,(H,32,33,34). The van der Waals surface area contributed by atoms with Crippen molar-refractivity contribution >= 4 is 29.1 Å². The van der Waals surface area contributed by atoms with Gasteiger partial charge in [-0.25, -0.2) is 18.7 Å². The number of hydrogen-bond acceptors (Lipinski definition) is 7. The molecule has 2 aliphatic rings. The highest BCUT2D eigenvalue weighted by molar-refractivity contribution is 6.29. The third-order valence-corrected chi connectivity index (χ3v) is 7.04. The molecular formula is C27H25ClF2N6O2. The number of aromatic nitrogens is 4. The summed E-state index contributed by atoms with van der Waals surface area (Å²) in [5.74, 6) is 1.10. The van der Waals surface area contributed by atoms with Gasteiger partial charge in [0.15, 0.2) is 0 Å². The second-order valence-electron chi connectivity index (χ2n) is 9.30. The topological polar surface area (TPSA) is 77.3 Å². The molecule has 4 aromatic rings. The van der Waals surface area contributed by atoms with Gasteiger partial charge in [0.2, 0.25) is 5.95 Å². The lowest BCUT2D eigenvalue weighted by Crippen LogP contribution is -2.28. The number of methoxy groups -OCH3 is 1. The van der Waals surface area contributed by atoms with Crippen LogP contribution in [0.3, 0.4) is 0 Å². The van der Waals surface area contributed by atoms with Crippen molar-refractivity contribution in [1.29, 1.82) is 0 Å². The van der Waals surface area contributed by atoms with Gasteiger partial charge in [-0.2, -0.15) is 4.98 Å². The Hall–Kier alpha value is -3.76. The third-order valence-electron chi connectivity index (χ3n) is 6.85. The molecule has 4 heterocycles. The maximum Gasteiger partial charge on any atom is 0.229 e. The first-order valence-corrected chi connectivity index (χ1v) is 12.6. The van der Waals surface area contributed by atoms with Gasteiger partial charge in [0.1, 0.15) is 35.0 Å². The van der Waals surface area contributed by atoms with Crippen LogP contribution < -0.4 is 15.0 Å². The fourth-order valence-electron chi connectivity index (χ4n) is 4.98. The number of imidazole rings is 1. The summed E-state index contributed by atoms with van der Waals surface area (Å²) in [5.41, 5.74) is 3.98. The quantitative estimate of drug-likeness (QED) is 0.351.